The summed E-state index contributed by atoms with van der Waals surface area (Å²) in [6.07, 6.45) is -0.0333. The Morgan fingerprint density at radius 2 is 1.80 bits per heavy atom. The third-order valence-electron chi connectivity index (χ3n) is 3.49. The highest BCUT2D eigenvalue weighted by molar-refractivity contribution is 5.76. The van der Waals surface area contributed by atoms with E-state index < -0.39 is 5.97 Å². The molecular formula is C13H25N3O4. The van der Waals surface area contributed by atoms with Crippen LogP contribution in [0.3, 0.4) is 0 Å². The van der Waals surface area contributed by atoms with E-state index in [1.54, 1.807) is 9.80 Å². The number of β-amino-alcohol motifs (C(OH)–C–C–N with tert-alkyl or cyclic N) is 1. The Morgan fingerprint density at radius 3 is 2.25 bits per heavy atom. The van der Waals surface area contributed by atoms with Gasteiger partial charge in [0.2, 0.25) is 0 Å². The van der Waals surface area contributed by atoms with Crippen molar-refractivity contribution in [1.29, 1.82) is 0 Å². The van der Waals surface area contributed by atoms with Crippen molar-refractivity contribution < 1.29 is 19.8 Å². The average Bonchev–Trinajstić information content (AvgIpc) is 2.39. The fourth-order valence-electron chi connectivity index (χ4n) is 2.28. The summed E-state index contributed by atoms with van der Waals surface area (Å²) in [5.74, 6) is -0.892. The Bertz CT molecular complexity index is 328. The van der Waals surface area contributed by atoms with Crippen LogP contribution in [-0.2, 0) is 4.79 Å². The number of carboxylic acids is 1. The highest BCUT2D eigenvalue weighted by atomic mass is 16.4. The summed E-state index contributed by atoms with van der Waals surface area (Å²) >= 11 is 0. The predicted octanol–water partition coefficient (Wildman–Crippen LogP) is -0.0986. The van der Waals surface area contributed by atoms with Gasteiger partial charge >= 0.3 is 12.0 Å². The second-order valence-electron chi connectivity index (χ2n) is 5.27. The summed E-state index contributed by atoms with van der Waals surface area (Å²) in [4.78, 5) is 28.5. The maximum Gasteiger partial charge on any atom is 0.320 e. The number of carbonyl (C=O) groups is 2. The van der Waals surface area contributed by atoms with Crippen molar-refractivity contribution in [1.82, 2.24) is 14.7 Å². The second kappa shape index (κ2) is 8.06. The summed E-state index contributed by atoms with van der Waals surface area (Å²) in [5.41, 5.74) is 0. The Balaban J connectivity index is 2.51. The van der Waals surface area contributed by atoms with Crippen molar-refractivity contribution >= 4 is 12.0 Å². The van der Waals surface area contributed by atoms with Crippen LogP contribution in [0.2, 0.25) is 0 Å². The number of aliphatic hydroxyl groups excluding tert-OH is 1. The molecule has 0 aliphatic carbocycles. The number of urea groups is 1. The molecule has 7 heteroatoms. The zero-order valence-electron chi connectivity index (χ0n) is 12.3. The molecule has 7 nitrogen and oxygen atoms in total. The van der Waals surface area contributed by atoms with Crippen LogP contribution in [0.15, 0.2) is 0 Å². The molecule has 1 fully saturated rings. The molecule has 0 saturated carbocycles. The second-order valence-corrected chi connectivity index (χ2v) is 5.27. The third kappa shape index (κ3) is 4.97. The van der Waals surface area contributed by atoms with Gasteiger partial charge in [-0.2, -0.15) is 0 Å². The number of hydrogen-bond donors (Lipinski definition) is 2. The summed E-state index contributed by atoms with van der Waals surface area (Å²) in [5, 5.41) is 17.6. The number of rotatable bonds is 6. The highest BCUT2D eigenvalue weighted by Crippen LogP contribution is 2.09. The highest BCUT2D eigenvalue weighted by Gasteiger charge is 2.26. The van der Waals surface area contributed by atoms with Gasteiger partial charge in [-0.15, -0.1) is 0 Å². The minimum Gasteiger partial charge on any atom is -0.481 e. The minimum atomic E-state index is -0.892. The summed E-state index contributed by atoms with van der Waals surface area (Å²) in [6.45, 7) is 7.52. The molecule has 0 aromatic carbocycles. The van der Waals surface area contributed by atoms with E-state index in [0.29, 0.717) is 19.6 Å². The third-order valence-corrected chi connectivity index (χ3v) is 3.49. The van der Waals surface area contributed by atoms with Crippen molar-refractivity contribution in [2.24, 2.45) is 0 Å². The van der Waals surface area contributed by atoms with Crippen LogP contribution in [0.4, 0.5) is 4.79 Å². The molecule has 1 rings (SSSR count). The zero-order valence-corrected chi connectivity index (χ0v) is 12.3. The number of carboxylic acid groups (broad SMARTS) is 1. The van der Waals surface area contributed by atoms with E-state index in [0.717, 1.165) is 13.1 Å². The smallest absolute Gasteiger partial charge is 0.320 e. The largest absolute Gasteiger partial charge is 0.481 e. The molecule has 20 heavy (non-hydrogen) atoms. The molecule has 0 spiro atoms. The molecule has 2 N–H and O–H groups in total. The summed E-state index contributed by atoms with van der Waals surface area (Å²) in [7, 11) is 0. The Labute approximate surface area is 119 Å². The van der Waals surface area contributed by atoms with Gasteiger partial charge in [0.15, 0.2) is 0 Å². The molecule has 0 bridgehead atoms. The minimum absolute atomic E-state index is 0.0164. The topological polar surface area (TPSA) is 84.3 Å². The molecule has 0 radical (unpaired) electrons. The molecule has 1 aliphatic heterocycles. The maximum absolute atomic E-state index is 12.4. The Hall–Kier alpha value is -1.34. The summed E-state index contributed by atoms with van der Waals surface area (Å²) < 4.78 is 0. The van der Waals surface area contributed by atoms with Crippen LogP contribution in [0, 0.1) is 0 Å². The van der Waals surface area contributed by atoms with Crippen LogP contribution in [0.1, 0.15) is 20.3 Å². The fourth-order valence-corrected chi connectivity index (χ4v) is 2.28. The first-order valence-electron chi connectivity index (χ1n) is 7.06. The van der Waals surface area contributed by atoms with E-state index in [-0.39, 0.29) is 31.6 Å². The van der Waals surface area contributed by atoms with Gasteiger partial charge in [-0.05, 0) is 13.8 Å². The van der Waals surface area contributed by atoms with Crippen LogP contribution < -0.4 is 0 Å². The van der Waals surface area contributed by atoms with Crippen LogP contribution >= 0.6 is 0 Å². The van der Waals surface area contributed by atoms with Crippen molar-refractivity contribution in [2.45, 2.75) is 26.3 Å². The maximum atomic E-state index is 12.4. The number of piperazine rings is 1. The van der Waals surface area contributed by atoms with Crippen LogP contribution in [-0.4, -0.2) is 88.8 Å². The number of carbonyl (C=O) groups excluding carboxylic acids is 1. The predicted molar refractivity (Wildman–Crippen MR) is 74.6 cm³/mol. The molecule has 0 aromatic heterocycles. The van der Waals surface area contributed by atoms with E-state index in [1.807, 2.05) is 13.8 Å². The van der Waals surface area contributed by atoms with Gasteiger partial charge in [0, 0.05) is 45.3 Å². The van der Waals surface area contributed by atoms with Gasteiger partial charge in [-0.3, -0.25) is 9.69 Å². The molecule has 0 aromatic rings. The lowest BCUT2D eigenvalue weighted by atomic mass is 10.2. The average molecular weight is 287 g/mol. The molecular weight excluding hydrogens is 262 g/mol. The first-order chi connectivity index (χ1) is 9.45. The lowest BCUT2D eigenvalue weighted by molar-refractivity contribution is -0.137. The standard InChI is InChI=1S/C13H25N3O4/c1-11(2)16(4-3-12(18)19)13(20)15-7-5-14(6-8-15)9-10-17/h11,17H,3-10H2,1-2H3,(H,18,19). The molecule has 1 saturated heterocycles. The number of amides is 2. The van der Waals surface area contributed by atoms with Crippen molar-refractivity contribution in [3.05, 3.63) is 0 Å². The molecule has 116 valence electrons. The van der Waals surface area contributed by atoms with Crippen molar-refractivity contribution in [3.63, 3.8) is 0 Å². The van der Waals surface area contributed by atoms with E-state index in [9.17, 15) is 9.59 Å². The van der Waals surface area contributed by atoms with E-state index in [2.05, 4.69) is 4.90 Å². The molecule has 0 unspecified atom stereocenters. The quantitative estimate of drug-likeness (QED) is 0.713. The van der Waals surface area contributed by atoms with Gasteiger partial charge in [0.05, 0.1) is 13.0 Å². The van der Waals surface area contributed by atoms with Crippen molar-refractivity contribution in [2.75, 3.05) is 45.9 Å². The van der Waals surface area contributed by atoms with Gasteiger partial charge in [-0.1, -0.05) is 0 Å². The monoisotopic (exact) mass is 287 g/mol. The SMILES string of the molecule is CC(C)N(CCC(=O)O)C(=O)N1CCN(CCO)CC1. The van der Waals surface area contributed by atoms with Crippen LogP contribution in [0.25, 0.3) is 0 Å². The van der Waals surface area contributed by atoms with Gasteiger partial charge < -0.3 is 20.0 Å². The number of aliphatic hydroxyl groups is 1. The Kier molecular flexibility index (Phi) is 6.74. The lowest BCUT2D eigenvalue weighted by Crippen LogP contribution is -2.54. The zero-order chi connectivity index (χ0) is 15.1. The normalized spacial score (nSPS) is 16.5. The summed E-state index contributed by atoms with van der Waals surface area (Å²) in [6, 6.07) is -0.109. The number of hydrogen-bond acceptors (Lipinski definition) is 4. The van der Waals surface area contributed by atoms with E-state index >= 15 is 0 Å². The van der Waals surface area contributed by atoms with Gasteiger partial charge in [0.1, 0.15) is 0 Å². The molecule has 1 heterocycles. The fraction of sp³-hybridized carbons (Fsp3) is 0.846. The number of aliphatic carboxylic acids is 1. The van der Waals surface area contributed by atoms with Crippen molar-refractivity contribution in [3.8, 4) is 0 Å². The lowest BCUT2D eigenvalue weighted by Gasteiger charge is -2.38. The van der Waals surface area contributed by atoms with E-state index in [1.165, 1.54) is 0 Å². The number of nitrogens with zero attached hydrogens (tertiary/aromatic N) is 3. The molecule has 0 atom stereocenters. The van der Waals surface area contributed by atoms with Crippen LogP contribution in [0.5, 0.6) is 0 Å². The van der Waals surface area contributed by atoms with Gasteiger partial charge in [-0.25, -0.2) is 4.79 Å². The van der Waals surface area contributed by atoms with Gasteiger partial charge in [0.25, 0.3) is 0 Å². The molecule has 2 amide bonds. The Morgan fingerprint density at radius 1 is 1.20 bits per heavy atom. The molecule has 1 aliphatic rings. The first-order valence-corrected chi connectivity index (χ1v) is 7.06. The van der Waals surface area contributed by atoms with E-state index in [4.69, 9.17) is 10.2 Å². The first kappa shape index (κ1) is 16.7.